The van der Waals surface area contributed by atoms with E-state index in [4.69, 9.17) is 11.6 Å². The summed E-state index contributed by atoms with van der Waals surface area (Å²) < 4.78 is 0. The number of amides is 1. The average molecular weight is 309 g/mol. The fourth-order valence-electron chi connectivity index (χ4n) is 2.98. The molecular weight excluding hydrogens is 284 g/mol. The van der Waals surface area contributed by atoms with Crippen molar-refractivity contribution in [3.8, 4) is 0 Å². The highest BCUT2D eigenvalue weighted by molar-refractivity contribution is 6.31. The maximum atomic E-state index is 12.0. The van der Waals surface area contributed by atoms with Crippen LogP contribution in [0.4, 0.5) is 5.69 Å². The van der Waals surface area contributed by atoms with Crippen molar-refractivity contribution < 1.29 is 4.79 Å². The van der Waals surface area contributed by atoms with Crippen LogP contribution in [0.25, 0.3) is 0 Å². The van der Waals surface area contributed by atoms with E-state index in [0.29, 0.717) is 23.5 Å². The molecule has 1 fully saturated rings. The Labute approximate surface area is 132 Å². The van der Waals surface area contributed by atoms with Gasteiger partial charge >= 0.3 is 0 Å². The number of hydrogen-bond donors (Lipinski definition) is 2. The summed E-state index contributed by atoms with van der Waals surface area (Å²) in [5, 5.41) is 6.92. The molecule has 0 radical (unpaired) electrons. The van der Waals surface area contributed by atoms with E-state index in [1.54, 1.807) is 6.07 Å². The first kappa shape index (κ1) is 16.3. The highest BCUT2D eigenvalue weighted by atomic mass is 35.5. The van der Waals surface area contributed by atoms with Crippen molar-refractivity contribution in [3.63, 3.8) is 0 Å². The molecule has 0 spiro atoms. The van der Waals surface area contributed by atoms with Gasteiger partial charge in [-0.3, -0.25) is 4.79 Å². The van der Waals surface area contributed by atoms with Crippen molar-refractivity contribution in [1.82, 2.24) is 5.32 Å². The Kier molecular flexibility index (Phi) is 6.07. The molecule has 0 unspecified atom stereocenters. The van der Waals surface area contributed by atoms with Crippen LogP contribution in [0.15, 0.2) is 18.2 Å². The fourth-order valence-corrected chi connectivity index (χ4v) is 3.15. The molecule has 0 saturated heterocycles. The molecule has 1 saturated carbocycles. The largest absolute Gasteiger partial charge is 0.325 e. The smallest absolute Gasteiger partial charge is 0.238 e. The van der Waals surface area contributed by atoms with Gasteiger partial charge in [0.2, 0.25) is 5.91 Å². The summed E-state index contributed by atoms with van der Waals surface area (Å²) in [5.74, 6) is 0.697. The molecule has 0 heterocycles. The molecule has 2 N–H and O–H groups in total. The van der Waals surface area contributed by atoms with Gasteiger partial charge in [-0.2, -0.15) is 0 Å². The van der Waals surface area contributed by atoms with Gasteiger partial charge in [0.25, 0.3) is 0 Å². The van der Waals surface area contributed by atoms with Gasteiger partial charge in [-0.1, -0.05) is 36.9 Å². The predicted molar refractivity (Wildman–Crippen MR) is 88.9 cm³/mol. The Balaban J connectivity index is 1.80. The minimum absolute atomic E-state index is 0.0111. The fraction of sp³-hybridized carbons (Fsp3) is 0.588. The van der Waals surface area contributed by atoms with Crippen molar-refractivity contribution in [3.05, 3.63) is 28.8 Å². The third-order valence-electron chi connectivity index (χ3n) is 4.42. The molecular formula is C17H25ClN2O. The monoisotopic (exact) mass is 308 g/mol. The van der Waals surface area contributed by atoms with Crippen LogP contribution in [0.3, 0.4) is 0 Å². The van der Waals surface area contributed by atoms with Gasteiger partial charge in [0, 0.05) is 16.8 Å². The van der Waals surface area contributed by atoms with Crippen LogP contribution in [0.2, 0.25) is 5.02 Å². The van der Waals surface area contributed by atoms with Crippen molar-refractivity contribution >= 4 is 23.2 Å². The second-order valence-electron chi connectivity index (χ2n) is 6.08. The molecule has 1 atom stereocenters. The quantitative estimate of drug-likeness (QED) is 0.858. The van der Waals surface area contributed by atoms with Crippen LogP contribution >= 0.6 is 11.6 Å². The molecule has 1 amide bonds. The minimum Gasteiger partial charge on any atom is -0.325 e. The highest BCUT2D eigenvalue weighted by Gasteiger charge is 2.20. The summed E-state index contributed by atoms with van der Waals surface area (Å²) in [6.07, 6.45) is 6.57. The van der Waals surface area contributed by atoms with Crippen LogP contribution < -0.4 is 10.6 Å². The van der Waals surface area contributed by atoms with E-state index in [1.807, 2.05) is 19.1 Å². The molecule has 1 aromatic rings. The summed E-state index contributed by atoms with van der Waals surface area (Å²) in [5.41, 5.74) is 1.81. The molecule has 0 bridgehead atoms. The van der Waals surface area contributed by atoms with Gasteiger partial charge in [0.15, 0.2) is 0 Å². The third-order valence-corrected chi connectivity index (χ3v) is 4.65. The van der Waals surface area contributed by atoms with Crippen LogP contribution in [0, 0.1) is 12.8 Å². The van der Waals surface area contributed by atoms with Crippen LogP contribution in [-0.4, -0.2) is 18.5 Å². The molecule has 2 rings (SSSR count). The van der Waals surface area contributed by atoms with Gasteiger partial charge in [0.1, 0.15) is 0 Å². The molecule has 3 nitrogen and oxygen atoms in total. The molecule has 1 aromatic carbocycles. The zero-order chi connectivity index (χ0) is 15.2. The van der Waals surface area contributed by atoms with Crippen molar-refractivity contribution in [2.75, 3.05) is 11.9 Å². The second-order valence-corrected chi connectivity index (χ2v) is 6.51. The number of nitrogens with one attached hydrogen (secondary N) is 2. The third kappa shape index (κ3) is 5.01. The standard InChI is InChI=1S/C17H25ClN2O/c1-12-8-9-15(18)10-16(12)20-17(21)11-19-13(2)14-6-4-3-5-7-14/h8-10,13-14,19H,3-7,11H2,1-2H3,(H,20,21)/t13-/m1/s1. The summed E-state index contributed by atoms with van der Waals surface area (Å²) in [7, 11) is 0. The van der Waals surface area contributed by atoms with E-state index < -0.39 is 0 Å². The van der Waals surface area contributed by atoms with Crippen LogP contribution in [-0.2, 0) is 4.79 Å². The minimum atomic E-state index is -0.0111. The Morgan fingerprint density at radius 3 is 2.76 bits per heavy atom. The summed E-state index contributed by atoms with van der Waals surface area (Å²) in [4.78, 5) is 12.0. The lowest BCUT2D eigenvalue weighted by molar-refractivity contribution is -0.115. The van der Waals surface area contributed by atoms with Crippen molar-refractivity contribution in [2.45, 2.75) is 52.0 Å². The maximum Gasteiger partial charge on any atom is 0.238 e. The summed E-state index contributed by atoms with van der Waals surface area (Å²) >= 11 is 5.96. The van der Waals surface area contributed by atoms with Crippen molar-refractivity contribution in [1.29, 1.82) is 0 Å². The number of hydrogen-bond acceptors (Lipinski definition) is 2. The number of carbonyl (C=O) groups is 1. The van der Waals surface area contributed by atoms with E-state index in [2.05, 4.69) is 17.6 Å². The van der Waals surface area contributed by atoms with Gasteiger partial charge in [0.05, 0.1) is 6.54 Å². The molecule has 21 heavy (non-hydrogen) atoms. The Morgan fingerprint density at radius 2 is 2.05 bits per heavy atom. The van der Waals surface area contributed by atoms with Crippen molar-refractivity contribution in [2.24, 2.45) is 5.92 Å². The highest BCUT2D eigenvalue weighted by Crippen LogP contribution is 2.26. The first-order chi connectivity index (χ1) is 10.1. The summed E-state index contributed by atoms with van der Waals surface area (Å²) in [6, 6.07) is 5.93. The lowest BCUT2D eigenvalue weighted by Crippen LogP contribution is -2.39. The van der Waals surface area contributed by atoms with Crippen LogP contribution in [0.5, 0.6) is 0 Å². The average Bonchev–Trinajstić information content (AvgIpc) is 2.49. The molecule has 116 valence electrons. The maximum absolute atomic E-state index is 12.0. The SMILES string of the molecule is Cc1ccc(Cl)cc1NC(=O)CN[C@H](C)C1CCCCC1. The first-order valence-electron chi connectivity index (χ1n) is 7.85. The number of rotatable bonds is 5. The Bertz CT molecular complexity index is 484. The Morgan fingerprint density at radius 1 is 1.33 bits per heavy atom. The van der Waals surface area contributed by atoms with Crippen LogP contribution in [0.1, 0.15) is 44.6 Å². The molecule has 1 aliphatic rings. The second kappa shape index (κ2) is 7.81. The van der Waals surface area contributed by atoms with E-state index >= 15 is 0 Å². The molecule has 1 aliphatic carbocycles. The number of aryl methyl sites for hydroxylation is 1. The number of anilines is 1. The molecule has 0 aliphatic heterocycles. The van der Waals surface area contributed by atoms with Gasteiger partial charge in [-0.05, 0) is 50.3 Å². The molecule has 4 heteroatoms. The number of halogens is 1. The van der Waals surface area contributed by atoms with Gasteiger partial charge < -0.3 is 10.6 Å². The topological polar surface area (TPSA) is 41.1 Å². The van der Waals surface area contributed by atoms with Gasteiger partial charge in [-0.15, -0.1) is 0 Å². The normalized spacial score (nSPS) is 17.5. The zero-order valence-electron chi connectivity index (χ0n) is 12.9. The van der Waals surface area contributed by atoms with E-state index in [-0.39, 0.29) is 5.91 Å². The predicted octanol–water partition coefficient (Wildman–Crippen LogP) is 4.15. The molecule has 0 aromatic heterocycles. The lowest BCUT2D eigenvalue weighted by atomic mass is 9.84. The first-order valence-corrected chi connectivity index (χ1v) is 8.23. The lowest BCUT2D eigenvalue weighted by Gasteiger charge is -2.28. The van der Waals surface area contributed by atoms with E-state index in [9.17, 15) is 4.79 Å². The number of benzene rings is 1. The zero-order valence-corrected chi connectivity index (χ0v) is 13.7. The Hall–Kier alpha value is -1.06. The summed E-state index contributed by atoms with van der Waals surface area (Å²) in [6.45, 7) is 4.50. The van der Waals surface area contributed by atoms with E-state index in [0.717, 1.165) is 11.3 Å². The van der Waals surface area contributed by atoms with Gasteiger partial charge in [-0.25, -0.2) is 0 Å². The number of carbonyl (C=O) groups excluding carboxylic acids is 1. The van der Waals surface area contributed by atoms with E-state index in [1.165, 1.54) is 32.1 Å².